The minimum absolute atomic E-state index is 0.0669. The lowest BCUT2D eigenvalue weighted by Crippen LogP contribution is -2.34. The van der Waals surface area contributed by atoms with E-state index in [0.29, 0.717) is 10.9 Å². The summed E-state index contributed by atoms with van der Waals surface area (Å²) >= 11 is 1.32. The van der Waals surface area contributed by atoms with Crippen LogP contribution in [0, 0.1) is 6.92 Å². The van der Waals surface area contributed by atoms with Crippen molar-refractivity contribution in [1.29, 1.82) is 0 Å². The molecule has 1 amide bonds. The first-order chi connectivity index (χ1) is 16.0. The molecule has 0 atom stereocenters. The van der Waals surface area contributed by atoms with E-state index in [1.54, 1.807) is 19.1 Å². The highest BCUT2D eigenvalue weighted by Gasteiger charge is 2.24. The number of benzene rings is 3. The molecule has 0 radical (unpaired) electrons. The van der Waals surface area contributed by atoms with E-state index in [9.17, 15) is 9.90 Å². The number of aromatic nitrogens is 3. The molecule has 33 heavy (non-hydrogen) atoms. The lowest BCUT2D eigenvalue weighted by Gasteiger charge is -2.06. The van der Waals surface area contributed by atoms with Gasteiger partial charge in [-0.1, -0.05) is 60.2 Å². The smallest absolute Gasteiger partial charge is 0.342 e. The van der Waals surface area contributed by atoms with Crippen molar-refractivity contribution >= 4 is 23.4 Å². The molecule has 0 aliphatic rings. The Labute approximate surface area is 196 Å². The number of rotatable bonds is 7. The number of amides is 1. The minimum atomic E-state index is -0.250. The van der Waals surface area contributed by atoms with Crippen molar-refractivity contribution in [3.63, 3.8) is 0 Å². The van der Waals surface area contributed by atoms with Crippen molar-refractivity contribution in [2.24, 2.45) is 5.10 Å². The third kappa shape index (κ3) is 5.48. The third-order valence-corrected chi connectivity index (χ3v) is 5.90. The van der Waals surface area contributed by atoms with Crippen molar-refractivity contribution < 1.29 is 14.5 Å². The second-order valence-corrected chi connectivity index (χ2v) is 8.38. The minimum Gasteiger partial charge on any atom is -0.872 e. The van der Waals surface area contributed by atoms with Crippen LogP contribution in [0.15, 0.2) is 89.1 Å². The highest BCUT2D eigenvalue weighted by atomic mass is 32.2. The zero-order valence-electron chi connectivity index (χ0n) is 18.3. The number of nitrogens with zero attached hydrogens (tertiary/aromatic N) is 3. The van der Waals surface area contributed by atoms with E-state index in [2.05, 4.69) is 20.7 Å². The summed E-state index contributed by atoms with van der Waals surface area (Å²) in [6.07, 6.45) is 0. The highest BCUT2D eigenvalue weighted by Crippen LogP contribution is 2.20. The van der Waals surface area contributed by atoms with Gasteiger partial charge in [0.2, 0.25) is 0 Å². The largest absolute Gasteiger partial charge is 0.872 e. The van der Waals surface area contributed by atoms with Gasteiger partial charge in [0.15, 0.2) is 0 Å². The van der Waals surface area contributed by atoms with E-state index in [4.69, 9.17) is 0 Å². The van der Waals surface area contributed by atoms with Gasteiger partial charge in [-0.3, -0.25) is 4.79 Å². The van der Waals surface area contributed by atoms with Gasteiger partial charge in [-0.05, 0) is 55.4 Å². The Balaban J connectivity index is 1.51. The number of nitrogens with one attached hydrogen (secondary N) is 2. The SMILES string of the molecule is C/C(=N/NC(=O)CSc1n[nH]c(-c2ccccc2)[n+]1-c1ccc(C)cc1)c1ccc([O-])cc1. The van der Waals surface area contributed by atoms with Gasteiger partial charge in [0.05, 0.1) is 22.1 Å². The summed E-state index contributed by atoms with van der Waals surface area (Å²) in [5.41, 5.74) is 7.08. The van der Waals surface area contributed by atoms with Crippen molar-refractivity contribution in [3.05, 3.63) is 90.0 Å². The second kappa shape index (κ2) is 10.1. The molecule has 166 valence electrons. The van der Waals surface area contributed by atoms with Gasteiger partial charge in [0.1, 0.15) is 5.69 Å². The maximum Gasteiger partial charge on any atom is 0.342 e. The van der Waals surface area contributed by atoms with Crippen LogP contribution in [0.3, 0.4) is 0 Å². The van der Waals surface area contributed by atoms with Gasteiger partial charge < -0.3 is 5.11 Å². The highest BCUT2D eigenvalue weighted by molar-refractivity contribution is 7.99. The summed E-state index contributed by atoms with van der Waals surface area (Å²) in [6.45, 7) is 3.82. The third-order valence-electron chi connectivity index (χ3n) is 4.96. The van der Waals surface area contributed by atoms with Gasteiger partial charge in [-0.15, -0.1) is 10.8 Å². The van der Waals surface area contributed by atoms with Crippen LogP contribution in [0.1, 0.15) is 18.1 Å². The first kappa shape index (κ1) is 22.3. The number of aromatic amines is 1. The molecular weight excluding hydrogens is 434 g/mol. The summed E-state index contributed by atoms with van der Waals surface area (Å²) < 4.78 is 2.01. The van der Waals surface area contributed by atoms with Crippen LogP contribution in [0.5, 0.6) is 5.75 Å². The summed E-state index contributed by atoms with van der Waals surface area (Å²) in [6, 6.07) is 24.4. The average molecular weight is 458 g/mol. The number of H-pyrrole nitrogens is 1. The van der Waals surface area contributed by atoms with Crippen LogP contribution >= 0.6 is 11.8 Å². The van der Waals surface area contributed by atoms with E-state index in [-0.39, 0.29) is 17.4 Å². The summed E-state index contributed by atoms with van der Waals surface area (Å²) in [4.78, 5) is 12.4. The molecule has 3 aromatic carbocycles. The number of carbonyl (C=O) groups is 1. The Morgan fingerprint density at radius 1 is 1.06 bits per heavy atom. The fourth-order valence-electron chi connectivity index (χ4n) is 3.19. The maximum atomic E-state index is 12.4. The Hall–Kier alpha value is -3.91. The second-order valence-electron chi connectivity index (χ2n) is 7.44. The van der Waals surface area contributed by atoms with Gasteiger partial charge in [-0.2, -0.15) is 9.67 Å². The molecular formula is C25H23N5O2S. The fourth-order valence-corrected chi connectivity index (χ4v) is 3.95. The Bertz CT molecular complexity index is 1270. The lowest BCUT2D eigenvalue weighted by molar-refractivity contribution is -0.625. The fraction of sp³-hybridized carbons (Fsp3) is 0.120. The molecule has 0 saturated heterocycles. The number of hydrogen-bond acceptors (Lipinski definition) is 5. The first-order valence-electron chi connectivity index (χ1n) is 10.4. The molecule has 0 aliphatic carbocycles. The van der Waals surface area contributed by atoms with E-state index in [0.717, 1.165) is 28.2 Å². The average Bonchev–Trinajstić information content (AvgIpc) is 3.26. The standard InChI is InChI=1S/C25H23N5O2S/c1-17-8-12-21(13-9-17)30-24(20-6-4-3-5-7-20)28-29-25(30)33-16-23(32)27-26-18(2)19-10-14-22(31)15-11-19/h3-15H,16H2,1-2H3,(H2,26,27,31,32). The molecule has 4 rings (SSSR count). The quantitative estimate of drug-likeness (QED) is 0.192. The Morgan fingerprint density at radius 2 is 1.76 bits per heavy atom. The molecule has 0 saturated carbocycles. The van der Waals surface area contributed by atoms with E-state index in [1.165, 1.54) is 23.9 Å². The number of hydrogen-bond donors (Lipinski definition) is 2. The van der Waals surface area contributed by atoms with Crippen molar-refractivity contribution in [2.75, 3.05) is 5.75 Å². The van der Waals surface area contributed by atoms with Gasteiger partial charge in [-0.25, -0.2) is 5.43 Å². The van der Waals surface area contributed by atoms with Crippen LogP contribution in [0.25, 0.3) is 17.1 Å². The lowest BCUT2D eigenvalue weighted by atomic mass is 10.1. The summed E-state index contributed by atoms with van der Waals surface area (Å²) in [5.74, 6) is 0.654. The normalized spacial score (nSPS) is 11.4. The molecule has 0 spiro atoms. The van der Waals surface area contributed by atoms with Crippen molar-refractivity contribution in [3.8, 4) is 22.8 Å². The Morgan fingerprint density at radius 3 is 2.45 bits per heavy atom. The molecule has 1 heterocycles. The molecule has 0 aliphatic heterocycles. The number of hydrazone groups is 1. The number of aryl methyl sites for hydroxylation is 1. The van der Waals surface area contributed by atoms with Crippen LogP contribution < -0.4 is 15.1 Å². The van der Waals surface area contributed by atoms with Crippen LogP contribution in [0.2, 0.25) is 0 Å². The molecule has 7 nitrogen and oxygen atoms in total. The molecule has 4 aromatic rings. The Kier molecular flexibility index (Phi) is 6.85. The van der Waals surface area contributed by atoms with Crippen molar-refractivity contribution in [2.45, 2.75) is 19.0 Å². The predicted octanol–water partition coefficient (Wildman–Crippen LogP) is 3.37. The molecule has 0 unspecified atom stereocenters. The summed E-state index contributed by atoms with van der Waals surface area (Å²) in [7, 11) is 0. The van der Waals surface area contributed by atoms with Crippen LogP contribution in [0.4, 0.5) is 0 Å². The van der Waals surface area contributed by atoms with E-state index < -0.39 is 0 Å². The van der Waals surface area contributed by atoms with Crippen LogP contribution in [-0.2, 0) is 4.79 Å². The van der Waals surface area contributed by atoms with Gasteiger partial charge in [0.25, 0.3) is 11.7 Å². The predicted molar refractivity (Wildman–Crippen MR) is 127 cm³/mol. The zero-order chi connectivity index (χ0) is 23.2. The monoisotopic (exact) mass is 457 g/mol. The molecule has 8 heteroatoms. The summed E-state index contributed by atoms with van der Waals surface area (Å²) in [5, 5.41) is 23.6. The maximum absolute atomic E-state index is 12.4. The molecule has 2 N–H and O–H groups in total. The van der Waals surface area contributed by atoms with Gasteiger partial charge in [0, 0.05) is 0 Å². The number of thioether (sulfide) groups is 1. The van der Waals surface area contributed by atoms with Gasteiger partial charge >= 0.3 is 5.16 Å². The number of carbonyl (C=O) groups excluding carboxylic acids is 1. The molecule has 0 bridgehead atoms. The molecule has 1 aromatic heterocycles. The van der Waals surface area contributed by atoms with Crippen LogP contribution in [-0.4, -0.2) is 27.6 Å². The first-order valence-corrected chi connectivity index (χ1v) is 11.4. The zero-order valence-corrected chi connectivity index (χ0v) is 19.1. The molecule has 0 fully saturated rings. The topological polar surface area (TPSA) is 97.1 Å². The van der Waals surface area contributed by atoms with E-state index in [1.807, 2.05) is 66.1 Å². The van der Waals surface area contributed by atoms with E-state index >= 15 is 0 Å². The van der Waals surface area contributed by atoms with Crippen molar-refractivity contribution in [1.82, 2.24) is 15.6 Å².